The molecular formula is C21H20ClNO5S2. The van der Waals surface area contributed by atoms with Gasteiger partial charge in [-0.2, -0.15) is 0 Å². The summed E-state index contributed by atoms with van der Waals surface area (Å²) in [5, 5.41) is 14.6. The Labute approximate surface area is 183 Å². The van der Waals surface area contributed by atoms with Crippen molar-refractivity contribution in [3.8, 4) is 10.4 Å². The maximum absolute atomic E-state index is 12.8. The molecule has 2 atom stereocenters. The molecule has 0 spiro atoms. The van der Waals surface area contributed by atoms with E-state index in [4.69, 9.17) is 26.6 Å². The second-order valence-corrected chi connectivity index (χ2v) is 10.5. The van der Waals surface area contributed by atoms with E-state index >= 15 is 0 Å². The van der Waals surface area contributed by atoms with Gasteiger partial charge in [-0.25, -0.2) is 17.9 Å². The number of carboxylic acid groups (broad SMARTS) is 2. The molecule has 9 heteroatoms. The van der Waals surface area contributed by atoms with Crippen molar-refractivity contribution in [3.63, 3.8) is 0 Å². The molecule has 0 radical (unpaired) electrons. The molecule has 1 heterocycles. The average Bonchev–Trinajstić information content (AvgIpc) is 3.11. The SMILES string of the molecule is C[C@]1(c2ccccc2)C[C@@H]1NS(=O)(=O)c1ccc(-c2ccc(Cl)cc2)s1.O=C(O)O. The fraction of sp³-hybridized carbons (Fsp3) is 0.190. The lowest BCUT2D eigenvalue weighted by Gasteiger charge is -2.12. The highest BCUT2D eigenvalue weighted by molar-refractivity contribution is 7.91. The highest BCUT2D eigenvalue weighted by Gasteiger charge is 2.53. The summed E-state index contributed by atoms with van der Waals surface area (Å²) >= 11 is 7.19. The molecule has 0 amide bonds. The third-order valence-electron chi connectivity index (χ3n) is 4.94. The van der Waals surface area contributed by atoms with E-state index in [1.807, 2.05) is 36.4 Å². The van der Waals surface area contributed by atoms with Gasteiger partial charge in [-0.3, -0.25) is 0 Å². The number of sulfonamides is 1. The Hall–Kier alpha value is -2.39. The zero-order valence-corrected chi connectivity index (χ0v) is 18.3. The van der Waals surface area contributed by atoms with E-state index in [0.717, 1.165) is 16.9 Å². The van der Waals surface area contributed by atoms with Crippen LogP contribution in [0.3, 0.4) is 0 Å². The first-order chi connectivity index (χ1) is 14.1. The van der Waals surface area contributed by atoms with Crippen LogP contribution in [0.5, 0.6) is 0 Å². The molecule has 1 aliphatic rings. The Balaban J connectivity index is 0.000000589. The predicted molar refractivity (Wildman–Crippen MR) is 118 cm³/mol. The topological polar surface area (TPSA) is 104 Å². The first-order valence-corrected chi connectivity index (χ1v) is 11.6. The lowest BCUT2D eigenvalue weighted by Crippen LogP contribution is -2.29. The third-order valence-corrected chi connectivity index (χ3v) is 8.29. The lowest BCUT2D eigenvalue weighted by atomic mass is 9.98. The minimum atomic E-state index is -3.53. The van der Waals surface area contributed by atoms with Gasteiger partial charge in [0.1, 0.15) is 4.21 Å². The molecule has 1 aromatic heterocycles. The van der Waals surface area contributed by atoms with Gasteiger partial charge in [0.2, 0.25) is 10.0 Å². The van der Waals surface area contributed by atoms with Crippen LogP contribution in [0.25, 0.3) is 10.4 Å². The molecule has 30 heavy (non-hydrogen) atoms. The van der Waals surface area contributed by atoms with Crippen LogP contribution in [0, 0.1) is 0 Å². The van der Waals surface area contributed by atoms with E-state index in [1.165, 1.54) is 16.9 Å². The van der Waals surface area contributed by atoms with Crippen molar-refractivity contribution in [1.29, 1.82) is 0 Å². The van der Waals surface area contributed by atoms with E-state index in [-0.39, 0.29) is 11.5 Å². The minimum absolute atomic E-state index is 0.0732. The monoisotopic (exact) mass is 465 g/mol. The summed E-state index contributed by atoms with van der Waals surface area (Å²) < 4.78 is 28.8. The van der Waals surface area contributed by atoms with E-state index in [1.54, 1.807) is 18.2 Å². The smallest absolute Gasteiger partial charge is 0.450 e. The summed E-state index contributed by atoms with van der Waals surface area (Å²) in [6, 6.07) is 20.9. The van der Waals surface area contributed by atoms with Gasteiger partial charge in [0.15, 0.2) is 0 Å². The molecule has 0 unspecified atom stereocenters. The molecule has 0 aliphatic heterocycles. The molecule has 0 bridgehead atoms. The molecule has 0 saturated heterocycles. The molecule has 158 valence electrons. The zero-order chi connectivity index (χ0) is 21.9. The number of nitrogens with one attached hydrogen (secondary N) is 1. The number of hydrogen-bond acceptors (Lipinski definition) is 4. The van der Waals surface area contributed by atoms with Gasteiger partial charge in [0.25, 0.3) is 0 Å². The Morgan fingerprint density at radius 1 is 1.07 bits per heavy atom. The molecular weight excluding hydrogens is 446 g/mol. The fourth-order valence-corrected chi connectivity index (χ4v) is 5.96. The van der Waals surface area contributed by atoms with Crippen LogP contribution >= 0.6 is 22.9 Å². The van der Waals surface area contributed by atoms with Crippen molar-refractivity contribution in [2.24, 2.45) is 0 Å². The second-order valence-electron chi connectivity index (χ2n) is 7.07. The Morgan fingerprint density at radius 2 is 1.67 bits per heavy atom. The fourth-order valence-electron chi connectivity index (χ4n) is 3.15. The number of benzene rings is 2. The van der Waals surface area contributed by atoms with Crippen molar-refractivity contribution in [1.82, 2.24) is 4.72 Å². The summed E-state index contributed by atoms with van der Waals surface area (Å²) in [5.74, 6) is 0. The quantitative estimate of drug-likeness (QED) is 0.474. The van der Waals surface area contributed by atoms with Crippen molar-refractivity contribution in [2.45, 2.75) is 29.0 Å². The van der Waals surface area contributed by atoms with Crippen LogP contribution in [0.4, 0.5) is 4.79 Å². The Morgan fingerprint density at radius 3 is 2.27 bits per heavy atom. The van der Waals surface area contributed by atoms with E-state index < -0.39 is 16.2 Å². The summed E-state index contributed by atoms with van der Waals surface area (Å²) in [7, 11) is -3.53. The summed E-state index contributed by atoms with van der Waals surface area (Å²) in [5.41, 5.74) is 1.99. The Kier molecular flexibility index (Phi) is 6.52. The van der Waals surface area contributed by atoms with Gasteiger partial charge in [-0.15, -0.1) is 11.3 Å². The molecule has 1 aliphatic carbocycles. The van der Waals surface area contributed by atoms with E-state index in [9.17, 15) is 8.42 Å². The van der Waals surface area contributed by atoms with Crippen LogP contribution < -0.4 is 4.72 Å². The van der Waals surface area contributed by atoms with E-state index in [0.29, 0.717) is 9.23 Å². The molecule has 4 rings (SSSR count). The van der Waals surface area contributed by atoms with Gasteiger partial charge in [-0.05, 0) is 41.8 Å². The maximum Gasteiger partial charge on any atom is 0.503 e. The van der Waals surface area contributed by atoms with Crippen LogP contribution in [0.2, 0.25) is 5.02 Å². The normalized spacial score (nSPS) is 20.1. The summed E-state index contributed by atoms with van der Waals surface area (Å²) in [6.45, 7) is 2.10. The van der Waals surface area contributed by atoms with Gasteiger partial charge in [-0.1, -0.05) is 61.0 Å². The molecule has 3 N–H and O–H groups in total. The largest absolute Gasteiger partial charge is 0.503 e. The third kappa shape index (κ3) is 5.20. The first-order valence-electron chi connectivity index (χ1n) is 8.97. The van der Waals surface area contributed by atoms with Crippen LogP contribution in [-0.4, -0.2) is 30.8 Å². The number of halogens is 1. The molecule has 6 nitrogen and oxygen atoms in total. The van der Waals surface area contributed by atoms with Crippen LogP contribution in [-0.2, 0) is 15.4 Å². The van der Waals surface area contributed by atoms with Crippen molar-refractivity contribution in [3.05, 3.63) is 77.3 Å². The van der Waals surface area contributed by atoms with E-state index in [2.05, 4.69) is 23.8 Å². The molecule has 1 saturated carbocycles. The summed E-state index contributed by atoms with van der Waals surface area (Å²) in [6.07, 6.45) is -1.02. The first kappa shape index (κ1) is 22.3. The van der Waals surface area contributed by atoms with Crippen molar-refractivity contribution >= 4 is 39.1 Å². The number of hydrogen-bond donors (Lipinski definition) is 3. The number of rotatable bonds is 5. The number of carbonyl (C=O) groups is 1. The maximum atomic E-state index is 12.8. The molecule has 1 fully saturated rings. The lowest BCUT2D eigenvalue weighted by molar-refractivity contribution is 0.137. The number of thiophene rings is 1. The highest BCUT2D eigenvalue weighted by Crippen LogP contribution is 2.48. The van der Waals surface area contributed by atoms with Crippen LogP contribution in [0.1, 0.15) is 18.9 Å². The standard InChI is InChI=1S/C20H18ClNO2S2.CH2O3/c1-20(15-5-3-2-4-6-15)13-18(20)22-26(23,24)19-12-11-17(25-19)14-7-9-16(21)10-8-14;2-1(3)4/h2-12,18,22H,13H2,1H3;(H2,2,3,4)/t18-,20+;/m0./s1. The van der Waals surface area contributed by atoms with Gasteiger partial charge >= 0.3 is 6.16 Å². The average molecular weight is 466 g/mol. The summed E-state index contributed by atoms with van der Waals surface area (Å²) in [4.78, 5) is 9.46. The zero-order valence-electron chi connectivity index (χ0n) is 15.9. The van der Waals surface area contributed by atoms with Gasteiger partial charge in [0.05, 0.1) is 0 Å². The van der Waals surface area contributed by atoms with Crippen molar-refractivity contribution in [2.75, 3.05) is 0 Å². The molecule has 3 aromatic rings. The highest BCUT2D eigenvalue weighted by atomic mass is 35.5. The second kappa shape index (κ2) is 8.77. The predicted octanol–water partition coefficient (Wildman–Crippen LogP) is 5.30. The van der Waals surface area contributed by atoms with Gasteiger partial charge in [0, 0.05) is 21.4 Å². The van der Waals surface area contributed by atoms with Crippen LogP contribution in [0.15, 0.2) is 70.9 Å². The minimum Gasteiger partial charge on any atom is -0.450 e. The molecule has 2 aromatic carbocycles. The Bertz CT molecular complexity index is 1130. The van der Waals surface area contributed by atoms with Gasteiger partial charge < -0.3 is 10.2 Å². The van der Waals surface area contributed by atoms with Crippen molar-refractivity contribution < 1.29 is 23.4 Å².